The number of carbonyl (C=O) groups is 1. The molecule has 31 heavy (non-hydrogen) atoms. The number of anilines is 1. The van der Waals surface area contributed by atoms with Crippen LogP contribution in [0.3, 0.4) is 0 Å². The summed E-state index contributed by atoms with van der Waals surface area (Å²) < 4.78 is 12.3. The van der Waals surface area contributed by atoms with Gasteiger partial charge in [-0.25, -0.2) is 0 Å². The number of aryl methyl sites for hydroxylation is 3. The number of nitrogens with one attached hydrogen (secondary N) is 1. The molecule has 1 N–H and O–H groups in total. The Labute approximate surface area is 188 Å². The molecule has 2 aromatic carbocycles. The maximum Gasteiger partial charge on any atom is 0.248 e. The highest BCUT2D eigenvalue weighted by Gasteiger charge is 2.23. The van der Waals surface area contributed by atoms with Gasteiger partial charge in [-0.1, -0.05) is 0 Å². The first-order chi connectivity index (χ1) is 15.0. The van der Waals surface area contributed by atoms with Gasteiger partial charge in [-0.3, -0.25) is 4.79 Å². The minimum atomic E-state index is -0.149. The molecule has 0 saturated carbocycles. The molecular formula is C26H29NO3S. The van der Waals surface area contributed by atoms with E-state index < -0.39 is 0 Å². The van der Waals surface area contributed by atoms with Gasteiger partial charge in [0.15, 0.2) is 0 Å². The molecule has 0 radical (unpaired) electrons. The van der Waals surface area contributed by atoms with Crippen LogP contribution in [0, 0.1) is 6.92 Å². The molecule has 1 heterocycles. The maximum atomic E-state index is 12.7. The Morgan fingerprint density at radius 1 is 1.23 bits per heavy atom. The first kappa shape index (κ1) is 21.6. The molecule has 1 aliphatic rings. The van der Waals surface area contributed by atoms with Gasteiger partial charge in [-0.2, -0.15) is 0 Å². The molecule has 0 unspecified atom stereocenters. The smallest absolute Gasteiger partial charge is 0.248 e. The van der Waals surface area contributed by atoms with Gasteiger partial charge in [0.2, 0.25) is 5.91 Å². The van der Waals surface area contributed by atoms with Crippen LogP contribution in [-0.2, 0) is 17.6 Å². The Morgan fingerprint density at radius 3 is 2.68 bits per heavy atom. The van der Waals surface area contributed by atoms with Crippen LogP contribution in [0.25, 0.3) is 16.5 Å². The fourth-order valence-corrected chi connectivity index (χ4v) is 4.70. The summed E-state index contributed by atoms with van der Waals surface area (Å²) >= 11 is 1.68. The zero-order chi connectivity index (χ0) is 22.0. The van der Waals surface area contributed by atoms with Gasteiger partial charge in [-0.05, 0) is 82.2 Å². The van der Waals surface area contributed by atoms with Crippen LogP contribution in [0.5, 0.6) is 5.75 Å². The Hall–Kier alpha value is -2.66. The van der Waals surface area contributed by atoms with E-state index in [0.717, 1.165) is 57.7 Å². The van der Waals surface area contributed by atoms with Crippen LogP contribution >= 0.6 is 11.8 Å². The van der Waals surface area contributed by atoms with E-state index in [1.165, 1.54) is 23.3 Å². The topological polar surface area (TPSA) is 51.5 Å². The standard InChI is InChI=1S/C26H29NO3S/c1-5-29-25-17(3)26-22(20-8-6-7-9-23(20)30-26)15-21(25)16(2)14-24(28)27-18-10-12-19(31-4)13-11-18/h10-15H,5-9H2,1-4H3,(H,27,28)/b16-14+. The van der Waals surface area contributed by atoms with Crippen LogP contribution in [0.2, 0.25) is 0 Å². The van der Waals surface area contributed by atoms with Crippen LogP contribution in [-0.4, -0.2) is 18.8 Å². The van der Waals surface area contributed by atoms with Gasteiger partial charge in [0.1, 0.15) is 17.1 Å². The van der Waals surface area contributed by atoms with Gasteiger partial charge >= 0.3 is 0 Å². The van der Waals surface area contributed by atoms with E-state index >= 15 is 0 Å². The molecule has 1 aromatic heterocycles. The normalized spacial score (nSPS) is 13.9. The van der Waals surface area contributed by atoms with Crippen LogP contribution in [0.4, 0.5) is 5.69 Å². The molecule has 0 bridgehead atoms. The summed E-state index contributed by atoms with van der Waals surface area (Å²) in [6.07, 6.45) is 8.09. The number of furan rings is 1. The average Bonchev–Trinajstić information content (AvgIpc) is 3.15. The molecule has 0 aliphatic heterocycles. The van der Waals surface area contributed by atoms with Gasteiger partial charge in [0, 0.05) is 45.2 Å². The van der Waals surface area contributed by atoms with E-state index in [4.69, 9.17) is 9.15 Å². The van der Waals surface area contributed by atoms with E-state index in [1.54, 1.807) is 17.8 Å². The zero-order valence-corrected chi connectivity index (χ0v) is 19.4. The van der Waals surface area contributed by atoms with Crippen molar-refractivity contribution in [1.82, 2.24) is 0 Å². The molecule has 1 aliphatic carbocycles. The van der Waals surface area contributed by atoms with Crippen LogP contribution in [0.15, 0.2) is 45.7 Å². The quantitative estimate of drug-likeness (QED) is 0.342. The summed E-state index contributed by atoms with van der Waals surface area (Å²) in [7, 11) is 0. The molecule has 0 atom stereocenters. The summed E-state index contributed by atoms with van der Waals surface area (Å²) in [4.78, 5) is 13.9. The predicted octanol–water partition coefficient (Wildman–Crippen LogP) is 6.78. The van der Waals surface area contributed by atoms with Crippen molar-refractivity contribution >= 4 is 39.9 Å². The number of benzene rings is 2. The Bertz CT molecular complexity index is 1140. The van der Waals surface area contributed by atoms with Crippen LogP contribution in [0.1, 0.15) is 49.1 Å². The number of thioether (sulfide) groups is 1. The highest BCUT2D eigenvalue weighted by atomic mass is 32.2. The fraction of sp³-hybridized carbons (Fsp3) is 0.346. The van der Waals surface area contributed by atoms with Crippen molar-refractivity contribution in [1.29, 1.82) is 0 Å². The second kappa shape index (κ2) is 9.23. The third kappa shape index (κ3) is 4.38. The molecule has 1 amide bonds. The van der Waals surface area contributed by atoms with Crippen molar-refractivity contribution < 1.29 is 13.9 Å². The number of hydrogen-bond donors (Lipinski definition) is 1. The fourth-order valence-electron chi connectivity index (χ4n) is 4.29. The SMILES string of the molecule is CCOc1c(/C(C)=C/C(=O)Nc2ccc(SC)cc2)cc2c3c(oc2c1C)CCCC3. The van der Waals surface area contributed by atoms with Gasteiger partial charge < -0.3 is 14.5 Å². The lowest BCUT2D eigenvalue weighted by atomic mass is 9.93. The van der Waals surface area contributed by atoms with Crippen molar-refractivity contribution in [3.8, 4) is 5.75 Å². The molecule has 0 saturated heterocycles. The third-order valence-electron chi connectivity index (χ3n) is 5.85. The van der Waals surface area contributed by atoms with E-state index in [2.05, 4.69) is 11.4 Å². The third-order valence-corrected chi connectivity index (χ3v) is 6.59. The molecule has 0 spiro atoms. The number of carbonyl (C=O) groups excluding carboxylic acids is 1. The summed E-state index contributed by atoms with van der Waals surface area (Å²) in [5.74, 6) is 1.76. The van der Waals surface area contributed by atoms with Crippen molar-refractivity contribution in [2.45, 2.75) is 51.3 Å². The van der Waals surface area contributed by atoms with Crippen molar-refractivity contribution in [3.63, 3.8) is 0 Å². The molecule has 162 valence electrons. The first-order valence-corrected chi connectivity index (χ1v) is 12.1. The largest absolute Gasteiger partial charge is 0.493 e. The van der Waals surface area contributed by atoms with Crippen molar-refractivity contribution in [2.24, 2.45) is 0 Å². The summed E-state index contributed by atoms with van der Waals surface area (Å²) in [5.41, 5.74) is 5.85. The van der Waals surface area contributed by atoms with E-state index in [9.17, 15) is 4.79 Å². The minimum absolute atomic E-state index is 0.149. The molecular weight excluding hydrogens is 406 g/mol. The van der Waals surface area contributed by atoms with Crippen molar-refractivity contribution in [2.75, 3.05) is 18.2 Å². The lowest BCUT2D eigenvalue weighted by Crippen LogP contribution is -2.09. The molecule has 4 rings (SSSR count). The number of amides is 1. The second-order valence-corrected chi connectivity index (χ2v) is 8.82. The first-order valence-electron chi connectivity index (χ1n) is 10.9. The van der Waals surface area contributed by atoms with Gasteiger partial charge in [0.25, 0.3) is 0 Å². The Balaban J connectivity index is 1.70. The van der Waals surface area contributed by atoms with E-state index in [-0.39, 0.29) is 5.91 Å². The summed E-state index contributed by atoms with van der Waals surface area (Å²) in [6.45, 7) is 6.55. The molecule has 4 nitrogen and oxygen atoms in total. The number of allylic oxidation sites excluding steroid dienone is 1. The average molecular weight is 436 g/mol. The predicted molar refractivity (Wildman–Crippen MR) is 129 cm³/mol. The van der Waals surface area contributed by atoms with Gasteiger partial charge in [0.05, 0.1) is 6.61 Å². The lowest BCUT2D eigenvalue weighted by molar-refractivity contribution is -0.111. The minimum Gasteiger partial charge on any atom is -0.493 e. The maximum absolute atomic E-state index is 12.7. The number of ether oxygens (including phenoxy) is 1. The Kier molecular flexibility index (Phi) is 6.42. The summed E-state index contributed by atoms with van der Waals surface area (Å²) in [6, 6.07) is 10.00. The molecule has 5 heteroatoms. The molecule has 3 aromatic rings. The zero-order valence-electron chi connectivity index (χ0n) is 18.6. The van der Waals surface area contributed by atoms with Crippen molar-refractivity contribution in [3.05, 3.63) is 58.9 Å². The molecule has 0 fully saturated rings. The lowest BCUT2D eigenvalue weighted by Gasteiger charge is -2.15. The van der Waals surface area contributed by atoms with E-state index in [1.807, 2.05) is 51.3 Å². The van der Waals surface area contributed by atoms with E-state index in [0.29, 0.717) is 6.61 Å². The monoisotopic (exact) mass is 435 g/mol. The van der Waals surface area contributed by atoms with Gasteiger partial charge in [-0.15, -0.1) is 11.8 Å². The highest BCUT2D eigenvalue weighted by Crippen LogP contribution is 2.41. The Morgan fingerprint density at radius 2 is 1.97 bits per heavy atom. The number of fused-ring (bicyclic) bond motifs is 3. The summed E-state index contributed by atoms with van der Waals surface area (Å²) in [5, 5.41) is 4.12. The number of rotatable bonds is 6. The second-order valence-electron chi connectivity index (χ2n) is 7.94. The number of hydrogen-bond acceptors (Lipinski definition) is 4. The van der Waals surface area contributed by atoms with Crippen LogP contribution < -0.4 is 10.1 Å². The highest BCUT2D eigenvalue weighted by molar-refractivity contribution is 7.98.